The first-order valence-corrected chi connectivity index (χ1v) is 7.69. The molecule has 120 valence electrons. The van der Waals surface area contributed by atoms with Crippen LogP contribution in [0.2, 0.25) is 5.02 Å². The molecule has 2 amide bonds. The lowest BCUT2D eigenvalue weighted by molar-refractivity contribution is -0.0135. The standard InChI is InChI=1S/C17H16ClFN2O2/c18-13-7-5-12(6-8-13)16-11-21(9-10-23-16)17(22)20-15-4-2-1-3-14(15)19/h1-8,16H,9-11H2,(H,20,22)/t16-/m1/s1. The molecule has 1 fully saturated rings. The predicted molar refractivity (Wildman–Crippen MR) is 87.1 cm³/mol. The van der Waals surface area contributed by atoms with E-state index in [1.165, 1.54) is 12.1 Å². The second-order valence-electron chi connectivity index (χ2n) is 5.27. The van der Waals surface area contributed by atoms with Gasteiger partial charge in [0, 0.05) is 11.6 Å². The van der Waals surface area contributed by atoms with E-state index in [0.29, 0.717) is 24.7 Å². The van der Waals surface area contributed by atoms with Crippen LogP contribution in [0.1, 0.15) is 11.7 Å². The quantitative estimate of drug-likeness (QED) is 0.899. The Morgan fingerprint density at radius 3 is 2.70 bits per heavy atom. The van der Waals surface area contributed by atoms with Crippen LogP contribution in [0.3, 0.4) is 0 Å². The number of ether oxygens (including phenoxy) is 1. The number of carbonyl (C=O) groups excluding carboxylic acids is 1. The van der Waals surface area contributed by atoms with Crippen molar-refractivity contribution in [3.8, 4) is 0 Å². The summed E-state index contributed by atoms with van der Waals surface area (Å²) in [4.78, 5) is 13.9. The molecule has 2 aromatic carbocycles. The fraction of sp³-hybridized carbons (Fsp3) is 0.235. The summed E-state index contributed by atoms with van der Waals surface area (Å²) in [5.41, 5.74) is 1.13. The highest BCUT2D eigenvalue weighted by molar-refractivity contribution is 6.30. The Hall–Kier alpha value is -2.11. The Morgan fingerprint density at radius 2 is 1.96 bits per heavy atom. The third-order valence-electron chi connectivity index (χ3n) is 3.71. The number of nitrogens with one attached hydrogen (secondary N) is 1. The molecule has 0 aliphatic carbocycles. The van der Waals surface area contributed by atoms with Crippen LogP contribution < -0.4 is 5.32 Å². The summed E-state index contributed by atoms with van der Waals surface area (Å²) in [6.07, 6.45) is -0.215. The van der Waals surface area contributed by atoms with Crippen molar-refractivity contribution >= 4 is 23.3 Å². The Kier molecular flexibility index (Phi) is 4.79. The van der Waals surface area contributed by atoms with Gasteiger partial charge in [-0.1, -0.05) is 35.9 Å². The van der Waals surface area contributed by atoms with E-state index in [4.69, 9.17) is 16.3 Å². The Labute approximate surface area is 138 Å². The number of amides is 2. The van der Waals surface area contributed by atoms with Crippen molar-refractivity contribution in [2.24, 2.45) is 0 Å². The summed E-state index contributed by atoms with van der Waals surface area (Å²) in [7, 11) is 0. The van der Waals surface area contributed by atoms with Crippen LogP contribution in [0.15, 0.2) is 48.5 Å². The zero-order chi connectivity index (χ0) is 16.2. The molecule has 23 heavy (non-hydrogen) atoms. The van der Waals surface area contributed by atoms with E-state index < -0.39 is 5.82 Å². The van der Waals surface area contributed by atoms with Crippen LogP contribution in [-0.2, 0) is 4.74 Å². The summed E-state index contributed by atoms with van der Waals surface area (Å²) in [6, 6.07) is 13.1. The molecule has 0 spiro atoms. The van der Waals surface area contributed by atoms with Crippen LogP contribution in [0, 0.1) is 5.82 Å². The molecule has 4 nitrogen and oxygen atoms in total. The maximum atomic E-state index is 13.6. The average Bonchev–Trinajstić information content (AvgIpc) is 2.58. The van der Waals surface area contributed by atoms with Gasteiger partial charge >= 0.3 is 6.03 Å². The summed E-state index contributed by atoms with van der Waals surface area (Å²) >= 11 is 5.88. The molecular weight excluding hydrogens is 319 g/mol. The number of benzene rings is 2. The van der Waals surface area contributed by atoms with Crippen molar-refractivity contribution in [1.82, 2.24) is 4.90 Å². The SMILES string of the molecule is O=C(Nc1ccccc1F)N1CCO[C@@H](c2ccc(Cl)cc2)C1. The molecule has 1 N–H and O–H groups in total. The number of hydrogen-bond donors (Lipinski definition) is 1. The van der Waals surface area contributed by atoms with Gasteiger partial charge in [0.1, 0.15) is 11.9 Å². The third-order valence-corrected chi connectivity index (χ3v) is 3.96. The maximum absolute atomic E-state index is 13.6. The number of carbonyl (C=O) groups is 1. The zero-order valence-electron chi connectivity index (χ0n) is 12.3. The minimum atomic E-state index is -0.455. The number of para-hydroxylation sites is 1. The smallest absolute Gasteiger partial charge is 0.322 e. The number of anilines is 1. The van der Waals surface area contributed by atoms with Crippen LogP contribution in [-0.4, -0.2) is 30.6 Å². The van der Waals surface area contributed by atoms with E-state index >= 15 is 0 Å². The molecule has 6 heteroatoms. The predicted octanol–water partition coefficient (Wildman–Crippen LogP) is 4.08. The second-order valence-corrected chi connectivity index (χ2v) is 5.70. The van der Waals surface area contributed by atoms with E-state index in [0.717, 1.165) is 5.56 Å². The van der Waals surface area contributed by atoms with Crippen LogP contribution in [0.5, 0.6) is 0 Å². The fourth-order valence-electron chi connectivity index (χ4n) is 2.47. The molecule has 1 atom stereocenters. The van der Waals surface area contributed by atoms with Gasteiger partial charge in [0.15, 0.2) is 0 Å². The van der Waals surface area contributed by atoms with Gasteiger partial charge in [0.25, 0.3) is 0 Å². The van der Waals surface area contributed by atoms with Gasteiger partial charge in [-0.25, -0.2) is 9.18 Å². The number of morpholine rings is 1. The number of hydrogen-bond acceptors (Lipinski definition) is 2. The van der Waals surface area contributed by atoms with Crippen molar-refractivity contribution < 1.29 is 13.9 Å². The van der Waals surface area contributed by atoms with Gasteiger partial charge in [-0.15, -0.1) is 0 Å². The Balaban J connectivity index is 1.67. The molecule has 1 aliphatic heterocycles. The lowest BCUT2D eigenvalue weighted by Gasteiger charge is -2.33. The van der Waals surface area contributed by atoms with E-state index in [1.54, 1.807) is 29.2 Å². The van der Waals surface area contributed by atoms with E-state index in [-0.39, 0.29) is 17.8 Å². The first-order chi connectivity index (χ1) is 11.1. The number of rotatable bonds is 2. The van der Waals surface area contributed by atoms with Crippen molar-refractivity contribution in [3.05, 3.63) is 64.9 Å². The van der Waals surface area contributed by atoms with Crippen LogP contribution >= 0.6 is 11.6 Å². The number of halogens is 2. The van der Waals surface area contributed by atoms with Gasteiger partial charge < -0.3 is 15.0 Å². The van der Waals surface area contributed by atoms with Gasteiger partial charge in [0.2, 0.25) is 0 Å². The van der Waals surface area contributed by atoms with E-state index in [2.05, 4.69) is 5.32 Å². The van der Waals surface area contributed by atoms with Crippen molar-refractivity contribution in [2.75, 3.05) is 25.0 Å². The van der Waals surface area contributed by atoms with E-state index in [9.17, 15) is 9.18 Å². The first kappa shape index (κ1) is 15.8. The van der Waals surface area contributed by atoms with E-state index in [1.807, 2.05) is 12.1 Å². The molecular formula is C17H16ClFN2O2. The van der Waals surface area contributed by atoms with Crippen LogP contribution in [0.25, 0.3) is 0 Å². The summed E-state index contributed by atoms with van der Waals surface area (Å²) in [5.74, 6) is -0.455. The summed E-state index contributed by atoms with van der Waals surface area (Å²) in [5, 5.41) is 3.25. The lowest BCUT2D eigenvalue weighted by atomic mass is 10.1. The molecule has 0 bridgehead atoms. The normalized spacial score (nSPS) is 17.8. The van der Waals surface area contributed by atoms with Crippen molar-refractivity contribution in [1.29, 1.82) is 0 Å². The van der Waals surface area contributed by atoms with Gasteiger partial charge in [0.05, 0.1) is 18.8 Å². The summed E-state index contributed by atoms with van der Waals surface area (Å²) in [6.45, 7) is 1.30. The molecule has 1 saturated heterocycles. The Morgan fingerprint density at radius 1 is 1.22 bits per heavy atom. The highest BCUT2D eigenvalue weighted by atomic mass is 35.5. The zero-order valence-corrected chi connectivity index (χ0v) is 13.1. The monoisotopic (exact) mass is 334 g/mol. The molecule has 1 aliphatic rings. The fourth-order valence-corrected chi connectivity index (χ4v) is 2.60. The van der Waals surface area contributed by atoms with Gasteiger partial charge in [-0.2, -0.15) is 0 Å². The molecule has 3 rings (SSSR count). The van der Waals surface area contributed by atoms with Crippen LogP contribution in [0.4, 0.5) is 14.9 Å². The second kappa shape index (κ2) is 6.98. The Bertz CT molecular complexity index is 693. The summed E-state index contributed by atoms with van der Waals surface area (Å²) < 4.78 is 19.3. The molecule has 0 radical (unpaired) electrons. The molecule has 0 saturated carbocycles. The van der Waals surface area contributed by atoms with Crippen molar-refractivity contribution in [2.45, 2.75) is 6.10 Å². The minimum Gasteiger partial charge on any atom is -0.370 e. The minimum absolute atomic E-state index is 0.173. The molecule has 2 aromatic rings. The highest BCUT2D eigenvalue weighted by Crippen LogP contribution is 2.24. The first-order valence-electron chi connectivity index (χ1n) is 7.31. The third kappa shape index (κ3) is 3.81. The van der Waals surface area contributed by atoms with Gasteiger partial charge in [-0.05, 0) is 29.8 Å². The number of urea groups is 1. The number of nitrogens with zero attached hydrogens (tertiary/aromatic N) is 1. The average molecular weight is 335 g/mol. The molecule has 1 heterocycles. The molecule has 0 aromatic heterocycles. The lowest BCUT2D eigenvalue weighted by Crippen LogP contribution is -2.44. The maximum Gasteiger partial charge on any atom is 0.322 e. The van der Waals surface area contributed by atoms with Crippen molar-refractivity contribution in [3.63, 3.8) is 0 Å². The largest absolute Gasteiger partial charge is 0.370 e. The molecule has 0 unspecified atom stereocenters. The highest BCUT2D eigenvalue weighted by Gasteiger charge is 2.25. The topological polar surface area (TPSA) is 41.6 Å². The van der Waals surface area contributed by atoms with Gasteiger partial charge in [-0.3, -0.25) is 0 Å².